The Morgan fingerprint density at radius 3 is 3.05 bits per heavy atom. The predicted octanol–water partition coefficient (Wildman–Crippen LogP) is 1.84. The number of nitrogens with one attached hydrogen (secondary N) is 1. The molecule has 4 nitrogen and oxygen atoms in total. The summed E-state index contributed by atoms with van der Waals surface area (Å²) in [5.41, 5.74) is 2.22. The number of ether oxygens (including phenoxy) is 1. The van der Waals surface area contributed by atoms with Gasteiger partial charge in [0, 0.05) is 6.20 Å². The van der Waals surface area contributed by atoms with E-state index in [0.29, 0.717) is 0 Å². The van der Waals surface area contributed by atoms with Gasteiger partial charge in [0.15, 0.2) is 5.78 Å². The number of aryl methyl sites for hydroxylation is 1. The van der Waals surface area contributed by atoms with Gasteiger partial charge in [-0.05, 0) is 56.8 Å². The van der Waals surface area contributed by atoms with Crippen molar-refractivity contribution >= 4 is 5.78 Å². The van der Waals surface area contributed by atoms with Gasteiger partial charge in [-0.3, -0.25) is 9.78 Å². The number of fused-ring (bicyclic) bond motifs is 1. The quantitative estimate of drug-likeness (QED) is 0.910. The number of Topliss-reactive ketones (excluding diaryl/α,β-unsaturated/α-hetero) is 1. The lowest BCUT2D eigenvalue weighted by Crippen LogP contribution is -2.34. The Balaban J connectivity index is 1.60. The zero-order valence-electron chi connectivity index (χ0n) is 11.8. The molecule has 0 amide bonds. The van der Waals surface area contributed by atoms with Crippen molar-refractivity contribution in [1.82, 2.24) is 10.3 Å². The number of ketones is 1. The van der Waals surface area contributed by atoms with Crippen LogP contribution in [0.5, 0.6) is 0 Å². The summed E-state index contributed by atoms with van der Waals surface area (Å²) < 4.78 is 5.80. The van der Waals surface area contributed by atoms with E-state index in [4.69, 9.17) is 4.74 Å². The van der Waals surface area contributed by atoms with E-state index in [1.807, 2.05) is 6.07 Å². The first kappa shape index (κ1) is 13.7. The molecule has 0 radical (unpaired) electrons. The monoisotopic (exact) mass is 274 g/mol. The minimum atomic E-state index is -0.0540. The number of hydrogen-bond acceptors (Lipinski definition) is 4. The zero-order valence-corrected chi connectivity index (χ0v) is 11.8. The molecule has 108 valence electrons. The zero-order chi connectivity index (χ0) is 13.8. The van der Waals surface area contributed by atoms with Gasteiger partial charge in [0.05, 0.1) is 17.7 Å². The van der Waals surface area contributed by atoms with E-state index >= 15 is 0 Å². The van der Waals surface area contributed by atoms with Crippen molar-refractivity contribution in [1.29, 1.82) is 0 Å². The second-order valence-electron chi connectivity index (χ2n) is 5.72. The Morgan fingerprint density at radius 2 is 2.20 bits per heavy atom. The number of nitrogens with zero attached hydrogens (tertiary/aromatic N) is 1. The number of piperidine rings is 1. The van der Waals surface area contributed by atoms with Crippen LogP contribution < -0.4 is 5.32 Å². The molecular formula is C16H22N2O2. The average molecular weight is 274 g/mol. The molecule has 2 heterocycles. The number of hydrogen-bond donors (Lipinski definition) is 1. The maximum atomic E-state index is 12.4. The molecule has 3 rings (SSSR count). The first-order chi connectivity index (χ1) is 9.84. The van der Waals surface area contributed by atoms with Gasteiger partial charge in [-0.2, -0.15) is 0 Å². The highest BCUT2D eigenvalue weighted by Gasteiger charge is 2.28. The predicted molar refractivity (Wildman–Crippen MR) is 76.8 cm³/mol. The Morgan fingerprint density at radius 1 is 1.35 bits per heavy atom. The molecule has 1 aliphatic heterocycles. The van der Waals surface area contributed by atoms with Crippen LogP contribution >= 0.6 is 0 Å². The van der Waals surface area contributed by atoms with E-state index in [2.05, 4.69) is 16.4 Å². The lowest BCUT2D eigenvalue weighted by molar-refractivity contribution is -0.128. The lowest BCUT2D eigenvalue weighted by Gasteiger charge is -2.26. The van der Waals surface area contributed by atoms with Crippen LogP contribution in [0.2, 0.25) is 0 Å². The van der Waals surface area contributed by atoms with Crippen molar-refractivity contribution < 1.29 is 9.53 Å². The summed E-state index contributed by atoms with van der Waals surface area (Å²) >= 11 is 0. The van der Waals surface area contributed by atoms with Crippen molar-refractivity contribution in [3.05, 3.63) is 29.6 Å². The largest absolute Gasteiger partial charge is 0.370 e. The molecule has 1 aliphatic carbocycles. The van der Waals surface area contributed by atoms with Gasteiger partial charge < -0.3 is 10.1 Å². The topological polar surface area (TPSA) is 51.2 Å². The molecule has 1 saturated heterocycles. The van der Waals surface area contributed by atoms with Gasteiger partial charge in [0.2, 0.25) is 0 Å². The van der Waals surface area contributed by atoms with Crippen LogP contribution in [0.25, 0.3) is 0 Å². The summed E-state index contributed by atoms with van der Waals surface area (Å²) in [5.74, 6) is 0.143. The molecule has 0 spiro atoms. The van der Waals surface area contributed by atoms with Gasteiger partial charge in [-0.15, -0.1) is 0 Å². The first-order valence-corrected chi connectivity index (χ1v) is 7.63. The van der Waals surface area contributed by atoms with E-state index in [9.17, 15) is 4.79 Å². The molecular weight excluding hydrogens is 252 g/mol. The highest BCUT2D eigenvalue weighted by atomic mass is 16.5. The Labute approximate surface area is 119 Å². The summed E-state index contributed by atoms with van der Waals surface area (Å²) in [7, 11) is 0. The van der Waals surface area contributed by atoms with E-state index in [-0.39, 0.29) is 24.4 Å². The van der Waals surface area contributed by atoms with Crippen LogP contribution in [0.15, 0.2) is 18.3 Å². The van der Waals surface area contributed by atoms with Crippen LogP contribution in [0.3, 0.4) is 0 Å². The fraction of sp³-hybridized carbons (Fsp3) is 0.625. The van der Waals surface area contributed by atoms with Gasteiger partial charge >= 0.3 is 0 Å². The smallest absolute Gasteiger partial charge is 0.167 e. The SMILES string of the molecule is O=C(COC1CCNCC1)C1CCCc2cccnc21. The van der Waals surface area contributed by atoms with E-state index in [0.717, 1.165) is 50.9 Å². The van der Waals surface area contributed by atoms with E-state index in [1.54, 1.807) is 6.20 Å². The van der Waals surface area contributed by atoms with Crippen molar-refractivity contribution in [3.8, 4) is 0 Å². The van der Waals surface area contributed by atoms with Crippen LogP contribution in [0.1, 0.15) is 42.9 Å². The molecule has 1 unspecified atom stereocenters. The maximum absolute atomic E-state index is 12.4. The second kappa shape index (κ2) is 6.46. The third kappa shape index (κ3) is 3.07. The molecule has 1 aromatic heterocycles. The average Bonchev–Trinajstić information content (AvgIpc) is 2.53. The fourth-order valence-electron chi connectivity index (χ4n) is 3.19. The molecule has 2 aliphatic rings. The molecule has 0 bridgehead atoms. The molecule has 1 aromatic rings. The molecule has 1 N–H and O–H groups in total. The minimum Gasteiger partial charge on any atom is -0.370 e. The summed E-state index contributed by atoms with van der Waals surface area (Å²) in [6, 6.07) is 4.05. The first-order valence-electron chi connectivity index (χ1n) is 7.63. The van der Waals surface area contributed by atoms with Crippen LogP contribution in [-0.2, 0) is 16.0 Å². The van der Waals surface area contributed by atoms with Crippen LogP contribution in [-0.4, -0.2) is 36.6 Å². The summed E-state index contributed by atoms with van der Waals surface area (Å²) in [5, 5.41) is 3.30. The summed E-state index contributed by atoms with van der Waals surface area (Å²) in [4.78, 5) is 16.9. The summed E-state index contributed by atoms with van der Waals surface area (Å²) in [6.45, 7) is 2.23. The Bertz CT molecular complexity index is 469. The molecule has 0 saturated carbocycles. The lowest BCUT2D eigenvalue weighted by atomic mass is 9.84. The van der Waals surface area contributed by atoms with Crippen LogP contribution in [0, 0.1) is 0 Å². The standard InChI is InChI=1S/C16H22N2O2/c19-15(11-20-13-6-9-17-10-7-13)14-5-1-3-12-4-2-8-18-16(12)14/h2,4,8,13-14,17H,1,3,5-7,9-11H2. The number of carbonyl (C=O) groups is 1. The highest BCUT2D eigenvalue weighted by molar-refractivity contribution is 5.87. The number of rotatable bonds is 4. The van der Waals surface area contributed by atoms with Crippen molar-refractivity contribution in [2.45, 2.75) is 44.1 Å². The van der Waals surface area contributed by atoms with E-state index < -0.39 is 0 Å². The van der Waals surface area contributed by atoms with Gasteiger partial charge in [0.25, 0.3) is 0 Å². The molecule has 1 atom stereocenters. The van der Waals surface area contributed by atoms with Crippen LogP contribution in [0.4, 0.5) is 0 Å². The van der Waals surface area contributed by atoms with Crippen molar-refractivity contribution in [2.24, 2.45) is 0 Å². The number of pyridine rings is 1. The fourth-order valence-corrected chi connectivity index (χ4v) is 3.19. The van der Waals surface area contributed by atoms with Gasteiger partial charge in [-0.1, -0.05) is 6.07 Å². The molecule has 1 fully saturated rings. The third-order valence-electron chi connectivity index (χ3n) is 4.33. The third-order valence-corrected chi connectivity index (χ3v) is 4.33. The maximum Gasteiger partial charge on any atom is 0.167 e. The molecule has 0 aromatic carbocycles. The van der Waals surface area contributed by atoms with Gasteiger partial charge in [-0.25, -0.2) is 0 Å². The number of aromatic nitrogens is 1. The van der Waals surface area contributed by atoms with Crippen molar-refractivity contribution in [2.75, 3.05) is 19.7 Å². The number of carbonyl (C=O) groups excluding carboxylic acids is 1. The molecule has 20 heavy (non-hydrogen) atoms. The second-order valence-corrected chi connectivity index (χ2v) is 5.72. The Hall–Kier alpha value is -1.26. The Kier molecular flexibility index (Phi) is 4.43. The minimum absolute atomic E-state index is 0.0540. The van der Waals surface area contributed by atoms with E-state index in [1.165, 1.54) is 5.56 Å². The molecule has 4 heteroatoms. The highest BCUT2D eigenvalue weighted by Crippen LogP contribution is 2.30. The van der Waals surface area contributed by atoms with Gasteiger partial charge in [0.1, 0.15) is 6.61 Å². The summed E-state index contributed by atoms with van der Waals surface area (Å²) in [6.07, 6.45) is 7.08. The normalized spacial score (nSPS) is 23.3. The van der Waals surface area contributed by atoms with Crippen molar-refractivity contribution in [3.63, 3.8) is 0 Å².